The van der Waals surface area contributed by atoms with E-state index in [4.69, 9.17) is 0 Å². The smallest absolute Gasteiger partial charge is 0.227 e. The summed E-state index contributed by atoms with van der Waals surface area (Å²) in [5.41, 5.74) is 3.77. The van der Waals surface area contributed by atoms with Gasteiger partial charge in [0.25, 0.3) is 0 Å². The van der Waals surface area contributed by atoms with Gasteiger partial charge in [0, 0.05) is 6.54 Å². The third-order valence-electron chi connectivity index (χ3n) is 4.96. The number of hydrogen-bond acceptors (Lipinski definition) is 2. The highest BCUT2D eigenvalue weighted by atomic mass is 16.1. The van der Waals surface area contributed by atoms with Crippen LogP contribution in [0, 0.1) is 0 Å². The van der Waals surface area contributed by atoms with Gasteiger partial charge in [0.2, 0.25) is 5.91 Å². The maximum atomic E-state index is 12.8. The van der Waals surface area contributed by atoms with Crippen LogP contribution in [0.25, 0.3) is 0 Å². The molecule has 24 heavy (non-hydrogen) atoms. The summed E-state index contributed by atoms with van der Waals surface area (Å²) in [6, 6.07) is 18.9. The van der Waals surface area contributed by atoms with Crippen LogP contribution >= 0.6 is 0 Å². The van der Waals surface area contributed by atoms with Gasteiger partial charge in [0.15, 0.2) is 0 Å². The van der Waals surface area contributed by atoms with Gasteiger partial charge in [-0.1, -0.05) is 54.6 Å². The van der Waals surface area contributed by atoms with E-state index in [1.807, 2.05) is 24.3 Å². The number of carbonyl (C=O) groups excluding carboxylic acids is 1. The minimum Gasteiger partial charge on any atom is -0.354 e. The first-order valence-electron chi connectivity index (χ1n) is 8.73. The van der Waals surface area contributed by atoms with E-state index in [-0.39, 0.29) is 17.9 Å². The number of nitrogens with one attached hydrogen (secondary N) is 1. The summed E-state index contributed by atoms with van der Waals surface area (Å²) in [5.74, 6) is 0.151. The number of nitrogens with zero attached hydrogens (tertiary/aromatic N) is 1. The second-order valence-electron chi connectivity index (χ2n) is 6.78. The molecule has 0 bridgehead atoms. The van der Waals surface area contributed by atoms with Crippen LogP contribution in [0.3, 0.4) is 0 Å². The predicted octanol–water partition coefficient (Wildman–Crippen LogP) is 3.53. The Hall–Kier alpha value is -2.13. The lowest BCUT2D eigenvalue weighted by atomic mass is 9.82. The lowest BCUT2D eigenvalue weighted by Gasteiger charge is -2.28. The highest BCUT2D eigenvalue weighted by Gasteiger charge is 2.26. The van der Waals surface area contributed by atoms with Gasteiger partial charge in [-0.2, -0.15) is 0 Å². The maximum absolute atomic E-state index is 12.8. The number of amides is 1. The first-order valence-corrected chi connectivity index (χ1v) is 8.73. The zero-order chi connectivity index (χ0) is 16.9. The Morgan fingerprint density at radius 1 is 1.12 bits per heavy atom. The average molecular weight is 322 g/mol. The van der Waals surface area contributed by atoms with E-state index in [2.05, 4.69) is 54.6 Å². The summed E-state index contributed by atoms with van der Waals surface area (Å²) < 4.78 is 0. The third kappa shape index (κ3) is 3.68. The van der Waals surface area contributed by atoms with Crippen LogP contribution in [0.1, 0.15) is 41.5 Å². The molecule has 0 aromatic heterocycles. The van der Waals surface area contributed by atoms with Crippen LogP contribution in [0.5, 0.6) is 0 Å². The van der Waals surface area contributed by atoms with Crippen molar-refractivity contribution in [3.8, 4) is 0 Å². The van der Waals surface area contributed by atoms with E-state index in [1.165, 1.54) is 16.7 Å². The highest BCUT2D eigenvalue weighted by molar-refractivity contribution is 5.84. The molecule has 3 heteroatoms. The van der Waals surface area contributed by atoms with E-state index in [0.717, 1.165) is 19.3 Å². The number of fused-ring (bicyclic) bond motifs is 1. The molecule has 0 aliphatic heterocycles. The van der Waals surface area contributed by atoms with Gasteiger partial charge < -0.3 is 10.2 Å². The summed E-state index contributed by atoms with van der Waals surface area (Å²) in [5, 5.41) is 3.19. The zero-order valence-corrected chi connectivity index (χ0v) is 14.5. The molecule has 1 N–H and O–H groups in total. The molecule has 3 rings (SSSR count). The van der Waals surface area contributed by atoms with E-state index in [0.29, 0.717) is 6.54 Å². The van der Waals surface area contributed by atoms with Gasteiger partial charge in [-0.3, -0.25) is 4.79 Å². The van der Waals surface area contributed by atoms with Crippen molar-refractivity contribution in [1.82, 2.24) is 10.2 Å². The fraction of sp³-hybridized carbons (Fsp3) is 0.381. The Morgan fingerprint density at radius 2 is 1.83 bits per heavy atom. The number of carbonyl (C=O) groups is 1. The lowest BCUT2D eigenvalue weighted by molar-refractivity contribution is -0.123. The standard InChI is InChI=1S/C21H26N2O/c1-23(2)20(17-10-4-3-5-11-17)15-22-21(24)19-14-8-12-16-9-6-7-13-18(16)19/h3-7,9-11,13,19-20H,8,12,14-15H2,1-2H3,(H,22,24)/t19-,20-/m1/s1. The van der Waals surface area contributed by atoms with Crippen LogP contribution in [0.15, 0.2) is 54.6 Å². The monoisotopic (exact) mass is 322 g/mol. The minimum atomic E-state index is -0.00599. The molecule has 1 amide bonds. The van der Waals surface area contributed by atoms with E-state index < -0.39 is 0 Å². The van der Waals surface area contributed by atoms with Crippen molar-refractivity contribution in [3.05, 3.63) is 71.3 Å². The van der Waals surface area contributed by atoms with Crippen molar-refractivity contribution >= 4 is 5.91 Å². The molecule has 0 heterocycles. The van der Waals surface area contributed by atoms with Gasteiger partial charge in [0.05, 0.1) is 12.0 Å². The Bertz CT molecular complexity index is 681. The molecule has 3 nitrogen and oxygen atoms in total. The summed E-state index contributed by atoms with van der Waals surface area (Å²) in [6.45, 7) is 0.633. The maximum Gasteiger partial charge on any atom is 0.227 e. The average Bonchev–Trinajstić information content (AvgIpc) is 2.62. The predicted molar refractivity (Wildman–Crippen MR) is 98.0 cm³/mol. The largest absolute Gasteiger partial charge is 0.354 e. The summed E-state index contributed by atoms with van der Waals surface area (Å²) in [6.07, 6.45) is 3.12. The Balaban J connectivity index is 1.69. The summed E-state index contributed by atoms with van der Waals surface area (Å²) in [7, 11) is 4.11. The number of hydrogen-bond donors (Lipinski definition) is 1. The Morgan fingerprint density at radius 3 is 2.58 bits per heavy atom. The number of aryl methyl sites for hydroxylation is 1. The van der Waals surface area contributed by atoms with Crippen LogP contribution in [0.4, 0.5) is 0 Å². The molecular weight excluding hydrogens is 296 g/mol. The Labute approximate surface area is 144 Å². The van der Waals surface area contributed by atoms with Crippen molar-refractivity contribution in [3.63, 3.8) is 0 Å². The molecule has 1 aliphatic rings. The molecule has 0 spiro atoms. The van der Waals surface area contributed by atoms with Gasteiger partial charge >= 0.3 is 0 Å². The van der Waals surface area contributed by atoms with E-state index in [1.54, 1.807) is 0 Å². The molecule has 0 saturated carbocycles. The highest BCUT2D eigenvalue weighted by Crippen LogP contribution is 2.31. The van der Waals surface area contributed by atoms with E-state index in [9.17, 15) is 4.79 Å². The SMILES string of the molecule is CN(C)[C@H](CNC(=O)[C@@H]1CCCc2ccccc21)c1ccccc1. The zero-order valence-electron chi connectivity index (χ0n) is 14.5. The summed E-state index contributed by atoms with van der Waals surface area (Å²) >= 11 is 0. The molecule has 2 aromatic rings. The van der Waals surface area contributed by atoms with Gasteiger partial charge in [-0.15, -0.1) is 0 Å². The normalized spacial score (nSPS) is 18.0. The van der Waals surface area contributed by atoms with Gasteiger partial charge in [-0.05, 0) is 50.0 Å². The summed E-state index contributed by atoms with van der Waals surface area (Å²) in [4.78, 5) is 14.9. The van der Waals surface area contributed by atoms with Crippen molar-refractivity contribution in [1.29, 1.82) is 0 Å². The second-order valence-corrected chi connectivity index (χ2v) is 6.78. The molecule has 0 unspecified atom stereocenters. The van der Waals surface area contributed by atoms with E-state index >= 15 is 0 Å². The number of likely N-dealkylation sites (N-methyl/N-ethyl adjacent to an activating group) is 1. The minimum absolute atomic E-state index is 0.00599. The van der Waals surface area contributed by atoms with Crippen molar-refractivity contribution < 1.29 is 4.79 Å². The van der Waals surface area contributed by atoms with Crippen molar-refractivity contribution in [2.75, 3.05) is 20.6 Å². The molecule has 2 aromatic carbocycles. The number of benzene rings is 2. The molecule has 0 saturated heterocycles. The molecule has 126 valence electrons. The van der Waals surface area contributed by atoms with Crippen LogP contribution in [-0.4, -0.2) is 31.4 Å². The van der Waals surface area contributed by atoms with Gasteiger partial charge in [-0.25, -0.2) is 0 Å². The molecule has 2 atom stereocenters. The van der Waals surface area contributed by atoms with Crippen molar-refractivity contribution in [2.24, 2.45) is 0 Å². The molecule has 1 aliphatic carbocycles. The fourth-order valence-electron chi connectivity index (χ4n) is 3.62. The number of rotatable bonds is 5. The first-order chi connectivity index (χ1) is 11.7. The van der Waals surface area contributed by atoms with Gasteiger partial charge in [0.1, 0.15) is 0 Å². The molecule has 0 fully saturated rings. The third-order valence-corrected chi connectivity index (χ3v) is 4.96. The second kappa shape index (κ2) is 7.63. The Kier molecular flexibility index (Phi) is 5.31. The van der Waals surface area contributed by atoms with Crippen LogP contribution in [-0.2, 0) is 11.2 Å². The van der Waals surface area contributed by atoms with Crippen molar-refractivity contribution in [2.45, 2.75) is 31.2 Å². The van der Waals surface area contributed by atoms with Crippen LogP contribution in [0.2, 0.25) is 0 Å². The quantitative estimate of drug-likeness (QED) is 0.913. The molecular formula is C21H26N2O. The topological polar surface area (TPSA) is 32.3 Å². The first kappa shape index (κ1) is 16.7. The molecule has 0 radical (unpaired) electrons. The fourth-order valence-corrected chi connectivity index (χ4v) is 3.62. The van der Waals surface area contributed by atoms with Crippen LogP contribution < -0.4 is 5.32 Å². The lowest BCUT2D eigenvalue weighted by Crippen LogP contribution is -2.37.